The molecule has 1 unspecified atom stereocenters. The smallest absolute Gasteiger partial charge is 0.128 e. The standard InChI is InChI=1S/C15H25N3O/c1-4-16-10-13-7-8-15(17-12(13)2)18-9-5-6-14(11-18)19-3/h7-8,14,16H,4-6,9-11H2,1-3H3. The Bertz CT molecular complexity index is 408. The average Bonchev–Trinajstić information content (AvgIpc) is 2.46. The van der Waals surface area contributed by atoms with Crippen LogP contribution in [0.5, 0.6) is 0 Å². The van der Waals surface area contributed by atoms with Crippen LogP contribution in [0.1, 0.15) is 31.0 Å². The zero-order valence-corrected chi connectivity index (χ0v) is 12.3. The van der Waals surface area contributed by atoms with E-state index in [-0.39, 0.29) is 0 Å². The maximum atomic E-state index is 5.47. The summed E-state index contributed by atoms with van der Waals surface area (Å²) in [6.45, 7) is 8.14. The van der Waals surface area contributed by atoms with E-state index in [2.05, 4.69) is 36.2 Å². The van der Waals surface area contributed by atoms with Gasteiger partial charge in [-0.05, 0) is 37.9 Å². The second-order valence-corrected chi connectivity index (χ2v) is 5.14. The Balaban J connectivity index is 2.06. The van der Waals surface area contributed by atoms with Crippen LogP contribution >= 0.6 is 0 Å². The summed E-state index contributed by atoms with van der Waals surface area (Å²) in [6.07, 6.45) is 2.68. The van der Waals surface area contributed by atoms with E-state index in [0.717, 1.165) is 44.1 Å². The number of aromatic nitrogens is 1. The number of anilines is 1. The van der Waals surface area contributed by atoms with Gasteiger partial charge in [-0.1, -0.05) is 13.0 Å². The van der Waals surface area contributed by atoms with Gasteiger partial charge in [0, 0.05) is 32.4 Å². The molecule has 1 aromatic rings. The molecule has 1 atom stereocenters. The van der Waals surface area contributed by atoms with Crippen molar-refractivity contribution in [1.82, 2.24) is 10.3 Å². The Labute approximate surface area is 116 Å². The highest BCUT2D eigenvalue weighted by molar-refractivity contribution is 5.42. The molecule has 1 aliphatic rings. The minimum absolute atomic E-state index is 0.345. The van der Waals surface area contributed by atoms with E-state index in [4.69, 9.17) is 9.72 Å². The average molecular weight is 263 g/mol. The largest absolute Gasteiger partial charge is 0.380 e. The molecule has 1 fully saturated rings. The normalized spacial score (nSPS) is 19.7. The highest BCUT2D eigenvalue weighted by Gasteiger charge is 2.20. The first-order valence-corrected chi connectivity index (χ1v) is 7.19. The van der Waals surface area contributed by atoms with Crippen molar-refractivity contribution in [3.8, 4) is 0 Å². The molecule has 2 heterocycles. The number of nitrogens with one attached hydrogen (secondary N) is 1. The van der Waals surface area contributed by atoms with Crippen LogP contribution in [0.4, 0.5) is 5.82 Å². The van der Waals surface area contributed by atoms with Gasteiger partial charge in [-0.15, -0.1) is 0 Å². The van der Waals surface area contributed by atoms with Gasteiger partial charge in [-0.3, -0.25) is 0 Å². The van der Waals surface area contributed by atoms with E-state index in [9.17, 15) is 0 Å². The summed E-state index contributed by atoms with van der Waals surface area (Å²) in [5.41, 5.74) is 2.41. The third-order valence-corrected chi connectivity index (χ3v) is 3.78. The molecule has 1 saturated heterocycles. The van der Waals surface area contributed by atoms with Gasteiger partial charge in [0.2, 0.25) is 0 Å². The molecule has 0 aromatic carbocycles. The van der Waals surface area contributed by atoms with Crippen LogP contribution < -0.4 is 10.2 Å². The molecule has 1 aliphatic heterocycles. The zero-order valence-electron chi connectivity index (χ0n) is 12.3. The van der Waals surface area contributed by atoms with Crippen molar-refractivity contribution in [1.29, 1.82) is 0 Å². The highest BCUT2D eigenvalue weighted by atomic mass is 16.5. The molecule has 0 bridgehead atoms. The quantitative estimate of drug-likeness (QED) is 0.883. The second-order valence-electron chi connectivity index (χ2n) is 5.14. The molecule has 4 heteroatoms. The van der Waals surface area contributed by atoms with Crippen molar-refractivity contribution in [2.45, 2.75) is 39.3 Å². The first-order valence-electron chi connectivity index (χ1n) is 7.19. The van der Waals surface area contributed by atoms with Crippen molar-refractivity contribution in [3.05, 3.63) is 23.4 Å². The van der Waals surface area contributed by atoms with Crippen LogP contribution in [0.2, 0.25) is 0 Å². The Morgan fingerprint density at radius 1 is 1.47 bits per heavy atom. The topological polar surface area (TPSA) is 37.4 Å². The molecule has 2 rings (SSSR count). The lowest BCUT2D eigenvalue weighted by atomic mass is 10.1. The number of aryl methyl sites for hydroxylation is 1. The second kappa shape index (κ2) is 6.87. The lowest BCUT2D eigenvalue weighted by Crippen LogP contribution is -2.39. The molecule has 1 aromatic heterocycles. The maximum absolute atomic E-state index is 5.47. The number of hydrogen-bond acceptors (Lipinski definition) is 4. The van der Waals surface area contributed by atoms with E-state index in [1.54, 1.807) is 7.11 Å². The first-order chi connectivity index (χ1) is 9.24. The monoisotopic (exact) mass is 263 g/mol. The number of ether oxygens (including phenoxy) is 1. The van der Waals surface area contributed by atoms with Gasteiger partial charge >= 0.3 is 0 Å². The Morgan fingerprint density at radius 3 is 3.00 bits per heavy atom. The summed E-state index contributed by atoms with van der Waals surface area (Å²) < 4.78 is 5.47. The number of nitrogens with zero attached hydrogens (tertiary/aromatic N) is 2. The van der Waals surface area contributed by atoms with Gasteiger partial charge in [0.05, 0.1) is 6.10 Å². The molecular weight excluding hydrogens is 238 g/mol. The van der Waals surface area contributed by atoms with E-state index < -0.39 is 0 Å². The van der Waals surface area contributed by atoms with Crippen LogP contribution in [0.15, 0.2) is 12.1 Å². The number of rotatable bonds is 5. The number of piperidine rings is 1. The molecule has 106 valence electrons. The van der Waals surface area contributed by atoms with E-state index in [0.29, 0.717) is 6.10 Å². The molecule has 0 spiro atoms. The van der Waals surface area contributed by atoms with Crippen LogP contribution in [0, 0.1) is 6.92 Å². The lowest BCUT2D eigenvalue weighted by Gasteiger charge is -2.33. The predicted octanol–water partition coefficient (Wildman–Crippen LogP) is 2.11. The summed E-state index contributed by atoms with van der Waals surface area (Å²) >= 11 is 0. The molecule has 0 aliphatic carbocycles. The lowest BCUT2D eigenvalue weighted by molar-refractivity contribution is 0.0891. The number of methoxy groups -OCH3 is 1. The SMILES string of the molecule is CCNCc1ccc(N2CCCC(OC)C2)nc1C. The van der Waals surface area contributed by atoms with Crippen molar-refractivity contribution in [3.63, 3.8) is 0 Å². The van der Waals surface area contributed by atoms with Crippen molar-refractivity contribution in [2.75, 3.05) is 31.6 Å². The minimum Gasteiger partial charge on any atom is -0.380 e. The van der Waals surface area contributed by atoms with Gasteiger partial charge < -0.3 is 15.0 Å². The van der Waals surface area contributed by atoms with Crippen LogP contribution in [0.3, 0.4) is 0 Å². The Morgan fingerprint density at radius 2 is 2.32 bits per heavy atom. The Kier molecular flexibility index (Phi) is 5.16. The van der Waals surface area contributed by atoms with Gasteiger partial charge in [0.25, 0.3) is 0 Å². The third-order valence-electron chi connectivity index (χ3n) is 3.78. The maximum Gasteiger partial charge on any atom is 0.128 e. The minimum atomic E-state index is 0.345. The summed E-state index contributed by atoms with van der Waals surface area (Å²) in [5, 5.41) is 3.35. The molecule has 19 heavy (non-hydrogen) atoms. The molecule has 4 nitrogen and oxygen atoms in total. The van der Waals surface area contributed by atoms with Crippen LogP contribution in [-0.4, -0.2) is 37.8 Å². The number of hydrogen-bond donors (Lipinski definition) is 1. The molecule has 0 radical (unpaired) electrons. The molecular formula is C15H25N3O. The van der Waals surface area contributed by atoms with Gasteiger partial charge in [0.1, 0.15) is 5.82 Å². The molecule has 1 N–H and O–H groups in total. The fraction of sp³-hybridized carbons (Fsp3) is 0.667. The summed E-state index contributed by atoms with van der Waals surface area (Å²) in [4.78, 5) is 7.08. The van der Waals surface area contributed by atoms with Gasteiger partial charge in [-0.2, -0.15) is 0 Å². The van der Waals surface area contributed by atoms with Crippen LogP contribution in [-0.2, 0) is 11.3 Å². The van der Waals surface area contributed by atoms with E-state index in [1.807, 2.05) is 0 Å². The summed E-state index contributed by atoms with van der Waals surface area (Å²) in [6, 6.07) is 4.33. The van der Waals surface area contributed by atoms with Crippen molar-refractivity contribution < 1.29 is 4.74 Å². The fourth-order valence-electron chi connectivity index (χ4n) is 2.54. The summed E-state index contributed by atoms with van der Waals surface area (Å²) in [5.74, 6) is 1.08. The number of pyridine rings is 1. The van der Waals surface area contributed by atoms with E-state index >= 15 is 0 Å². The molecule has 0 amide bonds. The van der Waals surface area contributed by atoms with Crippen LogP contribution in [0.25, 0.3) is 0 Å². The fourth-order valence-corrected chi connectivity index (χ4v) is 2.54. The van der Waals surface area contributed by atoms with Crippen molar-refractivity contribution in [2.24, 2.45) is 0 Å². The molecule has 0 saturated carbocycles. The zero-order chi connectivity index (χ0) is 13.7. The Hall–Kier alpha value is -1.13. The summed E-state index contributed by atoms with van der Waals surface area (Å²) in [7, 11) is 1.80. The van der Waals surface area contributed by atoms with Gasteiger partial charge in [-0.25, -0.2) is 4.98 Å². The third kappa shape index (κ3) is 3.67. The predicted molar refractivity (Wildman–Crippen MR) is 78.6 cm³/mol. The van der Waals surface area contributed by atoms with Gasteiger partial charge in [0.15, 0.2) is 0 Å². The van der Waals surface area contributed by atoms with E-state index in [1.165, 1.54) is 12.0 Å². The highest BCUT2D eigenvalue weighted by Crippen LogP contribution is 2.20. The first kappa shape index (κ1) is 14.3. The van der Waals surface area contributed by atoms with Crippen molar-refractivity contribution >= 4 is 5.82 Å².